The predicted octanol–water partition coefficient (Wildman–Crippen LogP) is 1.84. The van der Waals surface area contributed by atoms with Gasteiger partial charge in [-0.25, -0.2) is 9.18 Å². The molecule has 0 atom stereocenters. The lowest BCUT2D eigenvalue weighted by atomic mass is 10.2. The van der Waals surface area contributed by atoms with Crippen LogP contribution in [0, 0.1) is 0 Å². The molecule has 1 aromatic rings. The molecule has 5 heteroatoms. The largest absolute Gasteiger partial charge is 0.478 e. The van der Waals surface area contributed by atoms with Gasteiger partial charge in [0.2, 0.25) is 0 Å². The van der Waals surface area contributed by atoms with Crippen LogP contribution in [0.5, 0.6) is 0 Å². The van der Waals surface area contributed by atoms with Crippen molar-refractivity contribution in [3.8, 4) is 0 Å². The van der Waals surface area contributed by atoms with Crippen molar-refractivity contribution in [1.82, 2.24) is 9.78 Å². The Morgan fingerprint density at radius 1 is 1.79 bits per heavy atom. The normalized spacial score (nSPS) is 11.8. The van der Waals surface area contributed by atoms with Gasteiger partial charge in [-0.15, -0.1) is 0 Å². The summed E-state index contributed by atoms with van der Waals surface area (Å²) in [4.78, 5) is 10.7. The second-order valence-electron chi connectivity index (χ2n) is 2.85. The summed E-state index contributed by atoms with van der Waals surface area (Å²) in [7, 11) is 1.59. The van der Waals surface area contributed by atoms with E-state index in [4.69, 9.17) is 5.11 Å². The maximum Gasteiger partial charge on any atom is 0.339 e. The third kappa shape index (κ3) is 2.18. The molecule has 0 amide bonds. The minimum atomic E-state index is -1.10. The quantitative estimate of drug-likeness (QED) is 0.806. The average molecular weight is 198 g/mol. The molecule has 0 unspecified atom stereocenters. The smallest absolute Gasteiger partial charge is 0.339 e. The fraction of sp³-hybridized carbons (Fsp3) is 0.333. The van der Waals surface area contributed by atoms with Gasteiger partial charge in [0.15, 0.2) is 0 Å². The second-order valence-corrected chi connectivity index (χ2v) is 2.85. The number of carboxylic acid groups (broad SMARTS) is 1. The lowest BCUT2D eigenvalue weighted by molar-refractivity contribution is 0.0696. The minimum absolute atomic E-state index is 0.0103. The molecule has 1 N–H and O–H groups in total. The maximum absolute atomic E-state index is 12.9. The minimum Gasteiger partial charge on any atom is -0.478 e. The molecule has 14 heavy (non-hydrogen) atoms. The monoisotopic (exact) mass is 198 g/mol. The van der Waals surface area contributed by atoms with Gasteiger partial charge in [-0.3, -0.25) is 4.68 Å². The summed E-state index contributed by atoms with van der Waals surface area (Å²) < 4.78 is 14.2. The van der Waals surface area contributed by atoms with Crippen LogP contribution in [0.15, 0.2) is 12.0 Å². The van der Waals surface area contributed by atoms with Gasteiger partial charge in [-0.1, -0.05) is 6.92 Å². The number of nitrogens with zero attached hydrogens (tertiary/aromatic N) is 2. The van der Waals surface area contributed by atoms with Crippen molar-refractivity contribution in [3.05, 3.63) is 23.3 Å². The fourth-order valence-corrected chi connectivity index (χ4v) is 1.03. The van der Waals surface area contributed by atoms with Crippen LogP contribution in [0.4, 0.5) is 4.39 Å². The predicted molar refractivity (Wildman–Crippen MR) is 49.5 cm³/mol. The maximum atomic E-state index is 12.9. The van der Waals surface area contributed by atoms with Gasteiger partial charge in [0.1, 0.15) is 17.1 Å². The molecule has 0 aliphatic carbocycles. The zero-order chi connectivity index (χ0) is 10.7. The summed E-state index contributed by atoms with van der Waals surface area (Å²) in [6, 6.07) is 0. The average Bonchev–Trinajstić information content (AvgIpc) is 2.46. The number of rotatable bonds is 3. The molecular weight excluding hydrogens is 187 g/mol. The summed E-state index contributed by atoms with van der Waals surface area (Å²) in [5.41, 5.74) is 0.162. The van der Waals surface area contributed by atoms with Crippen molar-refractivity contribution < 1.29 is 14.3 Å². The van der Waals surface area contributed by atoms with E-state index in [1.807, 2.05) is 0 Å². The first-order valence-corrected chi connectivity index (χ1v) is 4.17. The molecule has 0 spiro atoms. The third-order valence-corrected chi connectivity index (χ3v) is 1.72. The van der Waals surface area contributed by atoms with Crippen molar-refractivity contribution >= 4 is 12.0 Å². The highest BCUT2D eigenvalue weighted by Gasteiger charge is 2.12. The Morgan fingerprint density at radius 3 is 2.93 bits per heavy atom. The number of hydrogen-bond donors (Lipinski definition) is 1. The number of aryl methyl sites for hydroxylation is 1. The molecule has 1 heterocycles. The van der Waals surface area contributed by atoms with E-state index in [2.05, 4.69) is 5.10 Å². The van der Waals surface area contributed by atoms with Crippen LogP contribution in [0.25, 0.3) is 6.08 Å². The molecule has 0 aromatic carbocycles. The zero-order valence-electron chi connectivity index (χ0n) is 7.99. The number of carbonyl (C=O) groups is 1. The van der Waals surface area contributed by atoms with Crippen LogP contribution < -0.4 is 0 Å². The lowest BCUT2D eigenvalue weighted by Crippen LogP contribution is -1.96. The van der Waals surface area contributed by atoms with E-state index in [1.54, 1.807) is 14.0 Å². The van der Waals surface area contributed by atoms with Crippen LogP contribution in [0.3, 0.4) is 0 Å². The summed E-state index contributed by atoms with van der Waals surface area (Å²) in [6.45, 7) is 1.65. The van der Waals surface area contributed by atoms with Crippen LogP contribution in [0.1, 0.15) is 29.4 Å². The topological polar surface area (TPSA) is 55.1 Å². The highest BCUT2D eigenvalue weighted by atomic mass is 19.1. The Hall–Kier alpha value is -1.65. The fourth-order valence-electron chi connectivity index (χ4n) is 1.03. The Labute approximate surface area is 80.7 Å². The van der Waals surface area contributed by atoms with E-state index in [9.17, 15) is 9.18 Å². The lowest BCUT2D eigenvalue weighted by Gasteiger charge is -1.91. The summed E-state index contributed by atoms with van der Waals surface area (Å²) in [6.07, 6.45) is 2.72. The van der Waals surface area contributed by atoms with Crippen LogP contribution in [-0.4, -0.2) is 20.9 Å². The molecule has 0 saturated heterocycles. The number of aromatic nitrogens is 2. The Kier molecular flexibility index (Phi) is 3.01. The van der Waals surface area contributed by atoms with E-state index in [0.717, 1.165) is 6.08 Å². The molecule has 76 valence electrons. The Balaban J connectivity index is 3.13. The molecule has 0 fully saturated rings. The summed E-state index contributed by atoms with van der Waals surface area (Å²) in [5, 5.41) is 12.6. The van der Waals surface area contributed by atoms with Crippen LogP contribution in [-0.2, 0) is 7.05 Å². The molecule has 4 nitrogen and oxygen atoms in total. The van der Waals surface area contributed by atoms with Gasteiger partial charge in [0, 0.05) is 13.2 Å². The van der Waals surface area contributed by atoms with Crippen molar-refractivity contribution in [1.29, 1.82) is 0 Å². The number of aromatic carboxylic acids is 1. The van der Waals surface area contributed by atoms with Gasteiger partial charge < -0.3 is 5.11 Å². The van der Waals surface area contributed by atoms with E-state index >= 15 is 0 Å². The van der Waals surface area contributed by atoms with Crippen molar-refractivity contribution in [2.75, 3.05) is 0 Å². The standard InChI is InChI=1S/C9H11FN2O2/c1-3-6(10)4-8-7(9(13)14)5-12(2)11-8/h4-5H,3H2,1-2H3,(H,13,14)/b6-4-. The van der Waals surface area contributed by atoms with Gasteiger partial charge in [0.05, 0.1) is 0 Å². The number of carboxylic acids is 1. The van der Waals surface area contributed by atoms with Crippen LogP contribution >= 0.6 is 0 Å². The highest BCUT2D eigenvalue weighted by Crippen LogP contribution is 2.13. The molecular formula is C9H11FN2O2. The second kappa shape index (κ2) is 4.04. The first-order valence-electron chi connectivity index (χ1n) is 4.17. The van der Waals surface area contributed by atoms with Crippen molar-refractivity contribution in [2.45, 2.75) is 13.3 Å². The molecule has 0 saturated carbocycles. The number of hydrogen-bond acceptors (Lipinski definition) is 2. The van der Waals surface area contributed by atoms with E-state index in [1.165, 1.54) is 10.9 Å². The van der Waals surface area contributed by atoms with Gasteiger partial charge in [-0.2, -0.15) is 5.10 Å². The zero-order valence-corrected chi connectivity index (χ0v) is 7.99. The summed E-state index contributed by atoms with van der Waals surface area (Å²) >= 11 is 0. The van der Waals surface area contributed by atoms with Gasteiger partial charge in [-0.05, 0) is 12.5 Å². The molecule has 0 bridgehead atoms. The van der Waals surface area contributed by atoms with E-state index < -0.39 is 5.97 Å². The molecule has 0 radical (unpaired) electrons. The molecule has 0 aliphatic rings. The molecule has 1 rings (SSSR count). The Bertz CT molecular complexity index is 382. The first-order chi connectivity index (χ1) is 6.54. The number of allylic oxidation sites excluding steroid dienone is 1. The molecule has 1 aromatic heterocycles. The van der Waals surface area contributed by atoms with E-state index in [0.29, 0.717) is 0 Å². The highest BCUT2D eigenvalue weighted by molar-refractivity contribution is 5.91. The van der Waals surface area contributed by atoms with Crippen molar-refractivity contribution in [3.63, 3.8) is 0 Å². The van der Waals surface area contributed by atoms with E-state index in [-0.39, 0.29) is 23.5 Å². The molecule has 0 aliphatic heterocycles. The van der Waals surface area contributed by atoms with Crippen molar-refractivity contribution in [2.24, 2.45) is 7.05 Å². The first kappa shape index (κ1) is 10.4. The summed E-state index contributed by atoms with van der Waals surface area (Å²) in [5.74, 6) is -1.49. The van der Waals surface area contributed by atoms with Gasteiger partial charge >= 0.3 is 5.97 Å². The number of halogens is 1. The Morgan fingerprint density at radius 2 is 2.43 bits per heavy atom. The van der Waals surface area contributed by atoms with Gasteiger partial charge in [0.25, 0.3) is 0 Å². The van der Waals surface area contributed by atoms with Crippen LogP contribution in [0.2, 0.25) is 0 Å². The third-order valence-electron chi connectivity index (χ3n) is 1.72. The SMILES string of the molecule is CC/C(F)=C/c1nn(C)cc1C(=O)O.